The topological polar surface area (TPSA) is 49.9 Å². The van der Waals surface area contributed by atoms with Crippen LogP contribution < -0.4 is 10.1 Å². The van der Waals surface area contributed by atoms with Gasteiger partial charge < -0.3 is 15.0 Å². The number of ether oxygens (including phenoxy) is 1. The zero-order valence-corrected chi connectivity index (χ0v) is 10.2. The number of hydrogen-bond acceptors (Lipinski definition) is 3. The number of aromatic nitrogens is 2. The summed E-state index contributed by atoms with van der Waals surface area (Å²) in [6.07, 6.45) is 1.71. The number of nitrogens with one attached hydrogen (secondary N) is 2. The Morgan fingerprint density at radius 3 is 2.88 bits per heavy atom. The van der Waals surface area contributed by atoms with E-state index < -0.39 is 0 Å². The molecule has 4 nitrogen and oxygen atoms in total. The molecule has 2 rings (SSSR count). The molecule has 0 fully saturated rings. The minimum absolute atomic E-state index is 0.667. The molecule has 0 unspecified atom stereocenters. The second kappa shape index (κ2) is 5.39. The molecule has 0 aliphatic carbocycles. The first-order valence-electron chi connectivity index (χ1n) is 5.75. The highest BCUT2D eigenvalue weighted by molar-refractivity contribution is 5.56. The molecule has 0 saturated carbocycles. The molecular formula is C13H17N3O. The van der Waals surface area contributed by atoms with E-state index in [1.807, 2.05) is 38.1 Å². The first-order valence-corrected chi connectivity index (χ1v) is 5.75. The summed E-state index contributed by atoms with van der Waals surface area (Å²) < 4.78 is 5.55. The van der Waals surface area contributed by atoms with Gasteiger partial charge >= 0.3 is 0 Å². The predicted octanol–water partition coefficient (Wildman–Crippen LogP) is 2.73. The fraction of sp³-hybridized carbons (Fsp3) is 0.308. The maximum Gasteiger partial charge on any atom is 0.142 e. The number of benzene rings is 1. The lowest BCUT2D eigenvalue weighted by Crippen LogP contribution is -2.03. The molecule has 0 saturated heterocycles. The minimum Gasteiger partial charge on any atom is -0.492 e. The summed E-state index contributed by atoms with van der Waals surface area (Å²) in [5, 5.41) is 3.33. The summed E-state index contributed by atoms with van der Waals surface area (Å²) in [5.41, 5.74) is 3.11. The Hall–Kier alpha value is -1.97. The van der Waals surface area contributed by atoms with Crippen molar-refractivity contribution in [3.63, 3.8) is 0 Å². The number of para-hydroxylation sites is 2. The molecule has 0 aliphatic heterocycles. The Kier molecular flexibility index (Phi) is 3.65. The first-order chi connectivity index (χ1) is 8.31. The van der Waals surface area contributed by atoms with Crippen molar-refractivity contribution < 1.29 is 4.74 Å². The Bertz CT molecular complexity index is 479. The lowest BCUT2D eigenvalue weighted by molar-refractivity contribution is 0.341. The van der Waals surface area contributed by atoms with E-state index in [1.165, 1.54) is 0 Å². The SMILES string of the molecule is CCOc1ccccc1NCc1nc[nH]c1C. The smallest absolute Gasteiger partial charge is 0.142 e. The third-order valence-corrected chi connectivity index (χ3v) is 2.57. The van der Waals surface area contributed by atoms with Gasteiger partial charge in [-0.3, -0.25) is 0 Å². The number of H-pyrrole nitrogens is 1. The lowest BCUT2D eigenvalue weighted by atomic mass is 10.2. The van der Waals surface area contributed by atoms with E-state index in [0.29, 0.717) is 13.2 Å². The van der Waals surface area contributed by atoms with Gasteiger partial charge in [0.05, 0.1) is 30.9 Å². The number of hydrogen-bond donors (Lipinski definition) is 2. The van der Waals surface area contributed by atoms with Gasteiger partial charge in [0.15, 0.2) is 0 Å². The second-order valence-electron chi connectivity index (χ2n) is 3.76. The van der Waals surface area contributed by atoms with Crippen LogP contribution in [-0.2, 0) is 6.54 Å². The number of rotatable bonds is 5. The average molecular weight is 231 g/mol. The Morgan fingerprint density at radius 2 is 2.18 bits per heavy atom. The van der Waals surface area contributed by atoms with Gasteiger partial charge in [0.2, 0.25) is 0 Å². The van der Waals surface area contributed by atoms with Crippen LogP contribution in [0.25, 0.3) is 0 Å². The van der Waals surface area contributed by atoms with Crippen molar-refractivity contribution in [2.75, 3.05) is 11.9 Å². The molecule has 90 valence electrons. The summed E-state index contributed by atoms with van der Waals surface area (Å²) in [5.74, 6) is 0.878. The molecule has 0 spiro atoms. The third-order valence-electron chi connectivity index (χ3n) is 2.57. The highest BCUT2D eigenvalue weighted by Gasteiger charge is 2.04. The molecule has 0 bridgehead atoms. The molecule has 0 amide bonds. The fourth-order valence-electron chi connectivity index (χ4n) is 1.64. The van der Waals surface area contributed by atoms with E-state index in [9.17, 15) is 0 Å². The van der Waals surface area contributed by atoms with E-state index in [-0.39, 0.29) is 0 Å². The van der Waals surface area contributed by atoms with Gasteiger partial charge in [-0.05, 0) is 26.0 Å². The van der Waals surface area contributed by atoms with Gasteiger partial charge in [0, 0.05) is 5.69 Å². The van der Waals surface area contributed by atoms with Crippen molar-refractivity contribution in [1.29, 1.82) is 0 Å². The van der Waals surface area contributed by atoms with E-state index in [2.05, 4.69) is 15.3 Å². The zero-order valence-electron chi connectivity index (χ0n) is 10.2. The fourth-order valence-corrected chi connectivity index (χ4v) is 1.64. The van der Waals surface area contributed by atoms with Crippen LogP contribution >= 0.6 is 0 Å². The number of nitrogens with zero attached hydrogens (tertiary/aromatic N) is 1. The number of anilines is 1. The summed E-state index contributed by atoms with van der Waals surface area (Å²) in [4.78, 5) is 7.31. The standard InChI is InChI=1S/C13H17N3O/c1-3-17-13-7-5-4-6-11(13)14-8-12-10(2)15-9-16-12/h4-7,9,14H,3,8H2,1-2H3,(H,15,16). The van der Waals surface area contributed by atoms with Crippen molar-refractivity contribution in [1.82, 2.24) is 9.97 Å². The van der Waals surface area contributed by atoms with Crippen molar-refractivity contribution in [3.8, 4) is 5.75 Å². The van der Waals surface area contributed by atoms with Gasteiger partial charge in [-0.2, -0.15) is 0 Å². The maximum absolute atomic E-state index is 5.55. The number of imidazole rings is 1. The second-order valence-corrected chi connectivity index (χ2v) is 3.76. The molecule has 4 heteroatoms. The number of aromatic amines is 1. The minimum atomic E-state index is 0.667. The lowest BCUT2D eigenvalue weighted by Gasteiger charge is -2.11. The Morgan fingerprint density at radius 1 is 1.35 bits per heavy atom. The molecule has 2 N–H and O–H groups in total. The van der Waals surface area contributed by atoms with E-state index >= 15 is 0 Å². The van der Waals surface area contributed by atoms with E-state index in [4.69, 9.17) is 4.74 Å². The van der Waals surface area contributed by atoms with Crippen molar-refractivity contribution in [2.45, 2.75) is 20.4 Å². The highest BCUT2D eigenvalue weighted by atomic mass is 16.5. The number of aryl methyl sites for hydroxylation is 1. The molecule has 1 aromatic carbocycles. The largest absolute Gasteiger partial charge is 0.492 e. The highest BCUT2D eigenvalue weighted by Crippen LogP contribution is 2.24. The van der Waals surface area contributed by atoms with Crippen molar-refractivity contribution >= 4 is 5.69 Å². The molecule has 17 heavy (non-hydrogen) atoms. The third kappa shape index (κ3) is 2.78. The van der Waals surface area contributed by atoms with Crippen LogP contribution in [0.2, 0.25) is 0 Å². The first kappa shape index (κ1) is 11.5. The maximum atomic E-state index is 5.55. The average Bonchev–Trinajstić information content (AvgIpc) is 2.74. The Balaban J connectivity index is 2.06. The van der Waals surface area contributed by atoms with Gasteiger partial charge in [-0.1, -0.05) is 12.1 Å². The molecular weight excluding hydrogens is 214 g/mol. The Labute approximate surface area is 101 Å². The quantitative estimate of drug-likeness (QED) is 0.831. The van der Waals surface area contributed by atoms with Crippen LogP contribution in [0, 0.1) is 6.92 Å². The van der Waals surface area contributed by atoms with Crippen LogP contribution in [0.5, 0.6) is 5.75 Å². The van der Waals surface area contributed by atoms with Gasteiger partial charge in [-0.15, -0.1) is 0 Å². The van der Waals surface area contributed by atoms with E-state index in [1.54, 1.807) is 6.33 Å². The summed E-state index contributed by atoms with van der Waals surface area (Å²) in [7, 11) is 0. The monoisotopic (exact) mass is 231 g/mol. The molecule has 2 aromatic rings. The van der Waals surface area contributed by atoms with Crippen LogP contribution in [-0.4, -0.2) is 16.6 Å². The van der Waals surface area contributed by atoms with Crippen molar-refractivity contribution in [3.05, 3.63) is 42.0 Å². The van der Waals surface area contributed by atoms with E-state index in [0.717, 1.165) is 22.8 Å². The molecule has 0 atom stereocenters. The zero-order chi connectivity index (χ0) is 12.1. The molecule has 0 aliphatic rings. The van der Waals surface area contributed by atoms with Crippen LogP contribution in [0.3, 0.4) is 0 Å². The van der Waals surface area contributed by atoms with Gasteiger partial charge in [-0.25, -0.2) is 4.98 Å². The van der Waals surface area contributed by atoms with Crippen molar-refractivity contribution in [2.24, 2.45) is 0 Å². The van der Waals surface area contributed by atoms with Gasteiger partial charge in [0.25, 0.3) is 0 Å². The summed E-state index contributed by atoms with van der Waals surface area (Å²) in [6.45, 7) is 5.35. The molecule has 1 heterocycles. The summed E-state index contributed by atoms with van der Waals surface area (Å²) in [6, 6.07) is 7.93. The van der Waals surface area contributed by atoms with Crippen LogP contribution in [0.1, 0.15) is 18.3 Å². The predicted molar refractivity (Wildman–Crippen MR) is 68.3 cm³/mol. The molecule has 0 radical (unpaired) electrons. The van der Waals surface area contributed by atoms with Gasteiger partial charge in [0.1, 0.15) is 5.75 Å². The normalized spacial score (nSPS) is 10.2. The molecule has 1 aromatic heterocycles. The van der Waals surface area contributed by atoms with Crippen LogP contribution in [0.4, 0.5) is 5.69 Å². The summed E-state index contributed by atoms with van der Waals surface area (Å²) >= 11 is 0. The van der Waals surface area contributed by atoms with Crippen LogP contribution in [0.15, 0.2) is 30.6 Å².